The zero-order chi connectivity index (χ0) is 17.2. The van der Waals surface area contributed by atoms with Crippen molar-refractivity contribution in [3.8, 4) is 0 Å². The smallest absolute Gasteiger partial charge is 0.251 e. The molecule has 1 aliphatic rings. The molecule has 2 aromatic carbocycles. The minimum absolute atomic E-state index is 0.000572. The lowest BCUT2D eigenvalue weighted by Crippen LogP contribution is -2.37. The summed E-state index contributed by atoms with van der Waals surface area (Å²) in [6.07, 6.45) is 1.87. The molecular weight excluding hydrogens is 315 g/mol. The van der Waals surface area contributed by atoms with Crippen LogP contribution in [-0.2, 0) is 6.54 Å². The average molecular weight is 336 g/mol. The Morgan fingerprint density at radius 2 is 1.72 bits per heavy atom. The minimum atomic E-state index is -0.268. The van der Waals surface area contributed by atoms with Crippen LogP contribution in [0.15, 0.2) is 65.5 Å². The number of fused-ring (bicyclic) bond motifs is 1. The van der Waals surface area contributed by atoms with Gasteiger partial charge < -0.3 is 4.57 Å². The van der Waals surface area contributed by atoms with Gasteiger partial charge in [0, 0.05) is 37.1 Å². The summed E-state index contributed by atoms with van der Waals surface area (Å²) in [6, 6.07) is 18.6. The van der Waals surface area contributed by atoms with Crippen LogP contribution in [0.3, 0.4) is 0 Å². The van der Waals surface area contributed by atoms with Crippen LogP contribution >= 0.6 is 0 Å². The molecule has 0 aliphatic carbocycles. The lowest BCUT2D eigenvalue weighted by atomic mass is 10.0. The lowest BCUT2D eigenvalue weighted by molar-refractivity contribution is 0.180. The number of aromatic nitrogens is 1. The second kappa shape index (κ2) is 6.81. The molecule has 0 atom stereocenters. The molecule has 1 saturated heterocycles. The van der Waals surface area contributed by atoms with Crippen LogP contribution in [0.25, 0.3) is 10.9 Å². The van der Waals surface area contributed by atoms with Crippen LogP contribution in [0.2, 0.25) is 0 Å². The standard InChI is InChI=1S/C21H21FN2O/c22-18-7-8-20-17(14-18)6-9-21(25)24(20)19-10-12-23(13-11-19)15-16-4-2-1-3-5-16/h1-9,14,19H,10-13,15H2. The molecule has 3 nitrogen and oxygen atoms in total. The molecular formula is C21H21FN2O. The van der Waals surface area contributed by atoms with Crippen LogP contribution in [0.4, 0.5) is 4.39 Å². The molecule has 4 rings (SSSR count). The van der Waals surface area contributed by atoms with Crippen molar-refractivity contribution in [2.45, 2.75) is 25.4 Å². The van der Waals surface area contributed by atoms with Gasteiger partial charge in [0.15, 0.2) is 0 Å². The van der Waals surface area contributed by atoms with Gasteiger partial charge in [-0.3, -0.25) is 9.69 Å². The maximum absolute atomic E-state index is 13.5. The summed E-state index contributed by atoms with van der Waals surface area (Å²) in [5.74, 6) is -0.268. The molecule has 128 valence electrons. The Balaban J connectivity index is 1.54. The van der Waals surface area contributed by atoms with E-state index in [1.165, 1.54) is 17.7 Å². The molecule has 0 amide bonds. The van der Waals surface area contributed by atoms with E-state index in [2.05, 4.69) is 29.2 Å². The second-order valence-electron chi connectivity index (χ2n) is 6.74. The van der Waals surface area contributed by atoms with Crippen molar-refractivity contribution < 1.29 is 4.39 Å². The lowest BCUT2D eigenvalue weighted by Gasteiger charge is -2.33. The van der Waals surface area contributed by atoms with E-state index in [1.807, 2.05) is 10.6 Å². The molecule has 25 heavy (non-hydrogen) atoms. The first kappa shape index (κ1) is 16.0. The molecule has 2 heterocycles. The van der Waals surface area contributed by atoms with Gasteiger partial charge in [0.1, 0.15) is 5.82 Å². The van der Waals surface area contributed by atoms with Crippen LogP contribution < -0.4 is 5.56 Å². The van der Waals surface area contributed by atoms with Crippen molar-refractivity contribution in [2.24, 2.45) is 0 Å². The van der Waals surface area contributed by atoms with Gasteiger partial charge in [-0.2, -0.15) is 0 Å². The normalized spacial score (nSPS) is 16.4. The molecule has 1 aliphatic heterocycles. The highest BCUT2D eigenvalue weighted by Crippen LogP contribution is 2.26. The van der Waals surface area contributed by atoms with Crippen molar-refractivity contribution in [3.05, 3.63) is 82.4 Å². The van der Waals surface area contributed by atoms with E-state index in [1.54, 1.807) is 18.2 Å². The topological polar surface area (TPSA) is 25.2 Å². The van der Waals surface area contributed by atoms with Crippen molar-refractivity contribution in [3.63, 3.8) is 0 Å². The molecule has 4 heteroatoms. The fourth-order valence-corrected chi connectivity index (χ4v) is 3.79. The maximum Gasteiger partial charge on any atom is 0.251 e. The summed E-state index contributed by atoms with van der Waals surface area (Å²) < 4.78 is 15.3. The van der Waals surface area contributed by atoms with E-state index < -0.39 is 0 Å². The Hall–Kier alpha value is -2.46. The maximum atomic E-state index is 13.5. The fourth-order valence-electron chi connectivity index (χ4n) is 3.79. The van der Waals surface area contributed by atoms with Crippen LogP contribution in [0.1, 0.15) is 24.4 Å². The van der Waals surface area contributed by atoms with E-state index >= 15 is 0 Å². The summed E-state index contributed by atoms with van der Waals surface area (Å²) in [6.45, 7) is 2.87. The highest BCUT2D eigenvalue weighted by atomic mass is 19.1. The van der Waals surface area contributed by atoms with E-state index in [-0.39, 0.29) is 17.4 Å². The molecule has 0 saturated carbocycles. The monoisotopic (exact) mass is 336 g/mol. The second-order valence-corrected chi connectivity index (χ2v) is 6.74. The molecule has 0 radical (unpaired) electrons. The van der Waals surface area contributed by atoms with Gasteiger partial charge in [-0.05, 0) is 42.7 Å². The number of piperidine rings is 1. The van der Waals surface area contributed by atoms with Crippen molar-refractivity contribution in [1.29, 1.82) is 0 Å². The summed E-state index contributed by atoms with van der Waals surface area (Å²) in [7, 11) is 0. The summed E-state index contributed by atoms with van der Waals surface area (Å²) in [4.78, 5) is 14.9. The minimum Gasteiger partial charge on any atom is -0.305 e. The van der Waals surface area contributed by atoms with Gasteiger partial charge >= 0.3 is 0 Å². The number of pyridine rings is 1. The van der Waals surface area contributed by atoms with E-state index in [0.717, 1.165) is 43.4 Å². The quantitative estimate of drug-likeness (QED) is 0.723. The van der Waals surface area contributed by atoms with Crippen molar-refractivity contribution in [2.75, 3.05) is 13.1 Å². The largest absolute Gasteiger partial charge is 0.305 e. The number of nitrogens with zero attached hydrogens (tertiary/aromatic N) is 2. The molecule has 0 bridgehead atoms. The van der Waals surface area contributed by atoms with Gasteiger partial charge in [-0.1, -0.05) is 30.3 Å². The Kier molecular flexibility index (Phi) is 4.36. The van der Waals surface area contributed by atoms with E-state index in [9.17, 15) is 9.18 Å². The number of hydrogen-bond acceptors (Lipinski definition) is 2. The summed E-state index contributed by atoms with van der Waals surface area (Å²) in [5, 5.41) is 0.784. The average Bonchev–Trinajstić information content (AvgIpc) is 2.64. The first-order valence-corrected chi connectivity index (χ1v) is 8.78. The van der Waals surface area contributed by atoms with Gasteiger partial charge in [-0.15, -0.1) is 0 Å². The van der Waals surface area contributed by atoms with Gasteiger partial charge in [0.05, 0.1) is 5.52 Å². The third-order valence-corrected chi connectivity index (χ3v) is 5.06. The molecule has 3 aromatic rings. The zero-order valence-corrected chi connectivity index (χ0v) is 14.1. The first-order chi connectivity index (χ1) is 12.2. The van der Waals surface area contributed by atoms with Gasteiger partial charge in [0.25, 0.3) is 5.56 Å². The molecule has 0 N–H and O–H groups in total. The van der Waals surface area contributed by atoms with Crippen molar-refractivity contribution >= 4 is 10.9 Å². The molecule has 1 aromatic heterocycles. The zero-order valence-electron chi connectivity index (χ0n) is 14.1. The van der Waals surface area contributed by atoms with E-state index in [4.69, 9.17) is 0 Å². The SMILES string of the molecule is O=c1ccc2cc(F)ccc2n1C1CCN(Cc2ccccc2)CC1. The highest BCUT2D eigenvalue weighted by Gasteiger charge is 2.22. The third-order valence-electron chi connectivity index (χ3n) is 5.06. The molecule has 1 fully saturated rings. The number of likely N-dealkylation sites (tertiary alicyclic amines) is 1. The summed E-state index contributed by atoms with van der Waals surface area (Å²) in [5.41, 5.74) is 2.15. The number of halogens is 1. The van der Waals surface area contributed by atoms with E-state index in [0.29, 0.717) is 0 Å². The van der Waals surface area contributed by atoms with Gasteiger partial charge in [-0.25, -0.2) is 4.39 Å². The fraction of sp³-hybridized carbons (Fsp3) is 0.286. The Bertz CT molecular complexity index is 928. The summed E-state index contributed by atoms with van der Waals surface area (Å²) >= 11 is 0. The number of rotatable bonds is 3. The third kappa shape index (κ3) is 3.35. The predicted octanol–water partition coefficient (Wildman–Crippen LogP) is 3.98. The predicted molar refractivity (Wildman–Crippen MR) is 98.2 cm³/mol. The van der Waals surface area contributed by atoms with Crippen LogP contribution in [-0.4, -0.2) is 22.6 Å². The van der Waals surface area contributed by atoms with Crippen LogP contribution in [0.5, 0.6) is 0 Å². The molecule has 0 spiro atoms. The Morgan fingerprint density at radius 3 is 2.48 bits per heavy atom. The highest BCUT2D eigenvalue weighted by molar-refractivity contribution is 5.79. The van der Waals surface area contributed by atoms with Crippen LogP contribution in [0, 0.1) is 5.82 Å². The van der Waals surface area contributed by atoms with Crippen molar-refractivity contribution in [1.82, 2.24) is 9.47 Å². The van der Waals surface area contributed by atoms with Gasteiger partial charge in [0.2, 0.25) is 0 Å². The number of benzene rings is 2. The first-order valence-electron chi connectivity index (χ1n) is 8.78. The number of hydrogen-bond donors (Lipinski definition) is 0. The Morgan fingerprint density at radius 1 is 0.960 bits per heavy atom. The molecule has 0 unspecified atom stereocenters. The Labute approximate surface area is 146 Å².